The summed E-state index contributed by atoms with van der Waals surface area (Å²) in [6.45, 7) is 4.17. The van der Waals surface area contributed by atoms with Gasteiger partial charge in [-0.05, 0) is 19.9 Å². The first kappa shape index (κ1) is 8.04. The number of fused-ring (bicyclic) bond motifs is 1. The molecule has 2 rings (SSSR count). The Morgan fingerprint density at radius 1 is 1.38 bits per heavy atom. The van der Waals surface area contributed by atoms with E-state index in [1.165, 1.54) is 0 Å². The number of anilines is 1. The lowest BCUT2D eigenvalue weighted by Gasteiger charge is -2.07. The van der Waals surface area contributed by atoms with E-state index in [-0.39, 0.29) is 0 Å². The van der Waals surface area contributed by atoms with Crippen molar-refractivity contribution in [2.75, 3.05) is 5.32 Å². The Morgan fingerprint density at radius 3 is 3.00 bits per heavy atom. The van der Waals surface area contributed by atoms with E-state index < -0.39 is 0 Å². The van der Waals surface area contributed by atoms with E-state index in [2.05, 4.69) is 34.3 Å². The Labute approximate surface area is 76.4 Å². The van der Waals surface area contributed by atoms with E-state index in [1.54, 1.807) is 12.4 Å². The minimum Gasteiger partial charge on any atom is -0.368 e. The third kappa shape index (κ3) is 1.61. The average Bonchev–Trinajstić information content (AvgIpc) is 2.49. The number of hydrogen-bond acceptors (Lipinski definition) is 3. The molecule has 2 aromatic heterocycles. The summed E-state index contributed by atoms with van der Waals surface area (Å²) < 4.78 is 0. The molecule has 0 aromatic carbocycles. The van der Waals surface area contributed by atoms with Crippen LogP contribution in [-0.4, -0.2) is 21.2 Å². The van der Waals surface area contributed by atoms with E-state index in [0.29, 0.717) is 6.04 Å². The first-order valence-corrected chi connectivity index (χ1v) is 4.31. The van der Waals surface area contributed by atoms with Crippen LogP contribution in [0.3, 0.4) is 0 Å². The number of hydrogen-bond donors (Lipinski definition) is 2. The molecule has 0 saturated carbocycles. The highest BCUT2D eigenvalue weighted by molar-refractivity contribution is 5.79. The smallest absolute Gasteiger partial charge is 0.126 e. The molecule has 4 nitrogen and oxygen atoms in total. The van der Waals surface area contributed by atoms with Crippen LogP contribution in [0.1, 0.15) is 13.8 Å². The molecule has 0 radical (unpaired) electrons. The topological polar surface area (TPSA) is 53.6 Å². The molecule has 4 heteroatoms. The van der Waals surface area contributed by atoms with Gasteiger partial charge in [-0.2, -0.15) is 5.10 Å². The van der Waals surface area contributed by atoms with Crippen molar-refractivity contribution in [3.63, 3.8) is 0 Å². The van der Waals surface area contributed by atoms with Gasteiger partial charge in [-0.15, -0.1) is 0 Å². The second-order valence-electron chi connectivity index (χ2n) is 3.33. The molecule has 0 aliphatic rings. The molecule has 0 fully saturated rings. The number of aromatic nitrogens is 3. The molecule has 0 spiro atoms. The van der Waals surface area contributed by atoms with Crippen molar-refractivity contribution in [3.8, 4) is 0 Å². The van der Waals surface area contributed by atoms with Gasteiger partial charge in [0.05, 0.1) is 17.9 Å². The van der Waals surface area contributed by atoms with E-state index in [1.807, 2.05) is 6.07 Å². The van der Waals surface area contributed by atoms with Gasteiger partial charge >= 0.3 is 0 Å². The summed E-state index contributed by atoms with van der Waals surface area (Å²) >= 11 is 0. The van der Waals surface area contributed by atoms with E-state index in [0.717, 1.165) is 16.7 Å². The molecular weight excluding hydrogens is 164 g/mol. The second kappa shape index (κ2) is 3.05. The molecule has 0 aliphatic carbocycles. The van der Waals surface area contributed by atoms with Crippen LogP contribution < -0.4 is 5.32 Å². The molecule has 0 atom stereocenters. The van der Waals surface area contributed by atoms with Gasteiger partial charge in [0, 0.05) is 11.4 Å². The number of pyridine rings is 1. The Balaban J connectivity index is 2.37. The molecule has 0 saturated heterocycles. The van der Waals surface area contributed by atoms with Gasteiger partial charge < -0.3 is 5.32 Å². The molecule has 68 valence electrons. The van der Waals surface area contributed by atoms with Crippen LogP contribution in [0.5, 0.6) is 0 Å². The minimum atomic E-state index is 0.400. The van der Waals surface area contributed by atoms with Crippen LogP contribution in [-0.2, 0) is 0 Å². The Morgan fingerprint density at radius 2 is 2.23 bits per heavy atom. The van der Waals surface area contributed by atoms with Crippen molar-refractivity contribution in [2.45, 2.75) is 19.9 Å². The van der Waals surface area contributed by atoms with Crippen LogP contribution in [0, 0.1) is 0 Å². The number of rotatable bonds is 2. The van der Waals surface area contributed by atoms with Crippen LogP contribution in [0.2, 0.25) is 0 Å². The normalized spacial score (nSPS) is 11.0. The highest BCUT2D eigenvalue weighted by atomic mass is 15.1. The molecule has 0 bridgehead atoms. The van der Waals surface area contributed by atoms with Crippen LogP contribution >= 0.6 is 0 Å². The average molecular weight is 176 g/mol. The van der Waals surface area contributed by atoms with Gasteiger partial charge in [0.1, 0.15) is 5.82 Å². The molecular formula is C9H12N4. The molecule has 2 heterocycles. The monoisotopic (exact) mass is 176 g/mol. The maximum absolute atomic E-state index is 4.24. The first-order chi connectivity index (χ1) is 6.25. The molecule has 2 aromatic rings. The number of nitrogens with zero attached hydrogens (tertiary/aromatic N) is 2. The standard InChI is InChI=1S/C9H12N4/c1-6(2)12-9-3-7-4-11-13-8(7)5-10-9/h3-6H,1-2H3,(H,10,12)(H,11,13). The first-order valence-electron chi connectivity index (χ1n) is 4.31. The summed E-state index contributed by atoms with van der Waals surface area (Å²) in [5.74, 6) is 0.893. The maximum Gasteiger partial charge on any atom is 0.126 e. The summed E-state index contributed by atoms with van der Waals surface area (Å²) in [5.41, 5.74) is 0.967. The minimum absolute atomic E-state index is 0.400. The lowest BCUT2D eigenvalue weighted by molar-refractivity contribution is 0.890. The zero-order valence-electron chi connectivity index (χ0n) is 7.70. The number of aromatic amines is 1. The molecule has 0 amide bonds. The summed E-state index contributed by atoms with van der Waals surface area (Å²) in [7, 11) is 0. The fourth-order valence-corrected chi connectivity index (χ4v) is 1.22. The highest BCUT2D eigenvalue weighted by Gasteiger charge is 1.99. The van der Waals surface area contributed by atoms with Crippen LogP contribution in [0.4, 0.5) is 5.82 Å². The third-order valence-corrected chi connectivity index (χ3v) is 1.76. The van der Waals surface area contributed by atoms with Crippen molar-refractivity contribution in [3.05, 3.63) is 18.5 Å². The lowest BCUT2D eigenvalue weighted by Crippen LogP contribution is -2.10. The van der Waals surface area contributed by atoms with Gasteiger partial charge in [0.25, 0.3) is 0 Å². The fourth-order valence-electron chi connectivity index (χ4n) is 1.22. The third-order valence-electron chi connectivity index (χ3n) is 1.76. The van der Waals surface area contributed by atoms with E-state index >= 15 is 0 Å². The van der Waals surface area contributed by atoms with Gasteiger partial charge in [-0.3, -0.25) is 5.10 Å². The van der Waals surface area contributed by atoms with E-state index in [9.17, 15) is 0 Å². The van der Waals surface area contributed by atoms with Gasteiger partial charge in [0.15, 0.2) is 0 Å². The van der Waals surface area contributed by atoms with Gasteiger partial charge in [-0.25, -0.2) is 4.98 Å². The molecule has 0 aliphatic heterocycles. The van der Waals surface area contributed by atoms with Crippen LogP contribution in [0.25, 0.3) is 10.9 Å². The van der Waals surface area contributed by atoms with Crippen molar-refractivity contribution >= 4 is 16.7 Å². The predicted octanol–water partition coefficient (Wildman–Crippen LogP) is 1.78. The van der Waals surface area contributed by atoms with Crippen molar-refractivity contribution in [1.82, 2.24) is 15.2 Å². The number of H-pyrrole nitrogens is 1. The molecule has 2 N–H and O–H groups in total. The maximum atomic E-state index is 4.24. The quantitative estimate of drug-likeness (QED) is 0.733. The van der Waals surface area contributed by atoms with Crippen molar-refractivity contribution < 1.29 is 0 Å². The Hall–Kier alpha value is -1.58. The van der Waals surface area contributed by atoms with Crippen molar-refractivity contribution in [2.24, 2.45) is 0 Å². The predicted molar refractivity (Wildman–Crippen MR) is 52.6 cm³/mol. The number of nitrogens with one attached hydrogen (secondary N) is 2. The lowest BCUT2D eigenvalue weighted by atomic mass is 10.3. The van der Waals surface area contributed by atoms with Crippen molar-refractivity contribution in [1.29, 1.82) is 0 Å². The van der Waals surface area contributed by atoms with Crippen LogP contribution in [0.15, 0.2) is 18.5 Å². The van der Waals surface area contributed by atoms with Gasteiger partial charge in [0.2, 0.25) is 0 Å². The molecule has 0 unspecified atom stereocenters. The largest absolute Gasteiger partial charge is 0.368 e. The summed E-state index contributed by atoms with van der Waals surface area (Å²) in [6.07, 6.45) is 3.58. The van der Waals surface area contributed by atoms with E-state index in [4.69, 9.17) is 0 Å². The SMILES string of the molecule is CC(C)Nc1cc2cn[nH]c2cn1. The van der Waals surface area contributed by atoms with Gasteiger partial charge in [-0.1, -0.05) is 0 Å². The zero-order chi connectivity index (χ0) is 9.26. The summed E-state index contributed by atoms with van der Waals surface area (Å²) in [6, 6.07) is 2.38. The fraction of sp³-hybridized carbons (Fsp3) is 0.333. The summed E-state index contributed by atoms with van der Waals surface area (Å²) in [5, 5.41) is 11.1. The molecule has 13 heavy (non-hydrogen) atoms. The Kier molecular flexibility index (Phi) is 1.88. The summed E-state index contributed by atoms with van der Waals surface area (Å²) in [4.78, 5) is 4.24. The zero-order valence-corrected chi connectivity index (χ0v) is 7.70. The highest BCUT2D eigenvalue weighted by Crippen LogP contribution is 2.13. The second-order valence-corrected chi connectivity index (χ2v) is 3.33. The Bertz CT molecular complexity index is 405.